The number of amides is 2. The lowest BCUT2D eigenvalue weighted by molar-refractivity contribution is -0.119. The first-order valence-corrected chi connectivity index (χ1v) is 11.4. The van der Waals surface area contributed by atoms with E-state index in [-0.39, 0.29) is 23.7 Å². The molecular weight excluding hydrogens is 451 g/mol. The van der Waals surface area contributed by atoms with Gasteiger partial charge < -0.3 is 0 Å². The van der Waals surface area contributed by atoms with Crippen molar-refractivity contribution in [3.05, 3.63) is 92.7 Å². The van der Waals surface area contributed by atoms with Gasteiger partial charge in [-0.3, -0.25) is 29.8 Å². The number of benzene rings is 2. The normalized spacial score (nSPS) is 10.8. The number of hydrazine groups is 1. The molecule has 0 unspecified atom stereocenters. The molecule has 2 aromatic heterocycles. The van der Waals surface area contributed by atoms with E-state index in [0.29, 0.717) is 20.9 Å². The van der Waals surface area contributed by atoms with Gasteiger partial charge in [0.15, 0.2) is 5.16 Å². The van der Waals surface area contributed by atoms with Crippen molar-refractivity contribution in [3.8, 4) is 0 Å². The minimum absolute atomic E-state index is 0.0705. The highest BCUT2D eigenvalue weighted by Crippen LogP contribution is 2.19. The maximum atomic E-state index is 13.3. The fraction of sp³-hybridized carbons (Fsp3) is 0.0909. The second-order valence-electron chi connectivity index (χ2n) is 6.70. The predicted octanol–water partition coefficient (Wildman–Crippen LogP) is 3.20. The highest BCUT2D eigenvalue weighted by atomic mass is 32.2. The van der Waals surface area contributed by atoms with Crippen molar-refractivity contribution in [1.29, 1.82) is 0 Å². The first-order valence-electron chi connectivity index (χ1n) is 9.51. The van der Waals surface area contributed by atoms with Gasteiger partial charge in [-0.2, -0.15) is 0 Å². The summed E-state index contributed by atoms with van der Waals surface area (Å²) in [6.45, 7) is 0.177. The summed E-state index contributed by atoms with van der Waals surface area (Å²) >= 11 is 2.33. The Balaban J connectivity index is 1.52. The van der Waals surface area contributed by atoms with Crippen LogP contribution in [0.15, 0.2) is 76.0 Å². The lowest BCUT2D eigenvalue weighted by atomic mass is 10.2. The second kappa shape index (κ2) is 9.75. The van der Waals surface area contributed by atoms with E-state index in [1.807, 2.05) is 0 Å². The topological polar surface area (TPSA) is 93.1 Å². The number of thioether (sulfide) groups is 1. The Bertz CT molecular complexity index is 1320. The van der Waals surface area contributed by atoms with Crippen LogP contribution in [0.3, 0.4) is 0 Å². The molecule has 2 amide bonds. The number of hydrogen-bond acceptors (Lipinski definition) is 6. The number of fused-ring (bicyclic) bond motifs is 1. The summed E-state index contributed by atoms with van der Waals surface area (Å²) < 4.78 is 14.7. The predicted molar refractivity (Wildman–Crippen MR) is 122 cm³/mol. The standard InChI is InChI=1S/C22H17FN4O3S2/c23-15-9-7-14(8-10-15)12-27-21(30)16-4-1-2-5-17(16)24-22(27)32-13-19(28)25-26-20(29)18-6-3-11-31-18/h1-11H,12-13H2,(H,25,28)(H,26,29). The number of nitrogens with one attached hydrogen (secondary N) is 2. The van der Waals surface area contributed by atoms with Gasteiger partial charge in [-0.1, -0.05) is 42.1 Å². The highest BCUT2D eigenvalue weighted by Gasteiger charge is 2.14. The number of para-hydroxylation sites is 1. The number of halogens is 1. The first kappa shape index (κ1) is 21.7. The summed E-state index contributed by atoms with van der Waals surface area (Å²) in [5, 5.41) is 2.56. The third-order valence-electron chi connectivity index (χ3n) is 4.47. The van der Waals surface area contributed by atoms with E-state index < -0.39 is 11.8 Å². The maximum absolute atomic E-state index is 13.3. The number of aromatic nitrogens is 2. The number of nitrogens with zero attached hydrogens (tertiary/aromatic N) is 2. The summed E-state index contributed by atoms with van der Waals surface area (Å²) in [6, 6.07) is 16.2. The van der Waals surface area contributed by atoms with Gasteiger partial charge in [-0.25, -0.2) is 9.37 Å². The summed E-state index contributed by atoms with van der Waals surface area (Å²) in [6.07, 6.45) is 0. The molecule has 0 bridgehead atoms. The van der Waals surface area contributed by atoms with Gasteiger partial charge >= 0.3 is 0 Å². The molecule has 0 spiro atoms. The number of hydrogen-bond donors (Lipinski definition) is 2. The zero-order chi connectivity index (χ0) is 22.5. The monoisotopic (exact) mass is 468 g/mol. The van der Waals surface area contributed by atoms with Crippen LogP contribution in [-0.2, 0) is 11.3 Å². The lowest BCUT2D eigenvalue weighted by Gasteiger charge is -2.13. The largest absolute Gasteiger partial charge is 0.283 e. The van der Waals surface area contributed by atoms with Crippen LogP contribution in [0.1, 0.15) is 15.2 Å². The summed E-state index contributed by atoms with van der Waals surface area (Å²) in [5.41, 5.74) is 5.70. The molecule has 4 aromatic rings. The van der Waals surface area contributed by atoms with Gasteiger partial charge in [0.1, 0.15) is 5.82 Å². The summed E-state index contributed by atoms with van der Waals surface area (Å²) in [4.78, 5) is 42.3. The Morgan fingerprint density at radius 3 is 2.56 bits per heavy atom. The molecule has 0 radical (unpaired) electrons. The smallest absolute Gasteiger partial charge is 0.279 e. The zero-order valence-electron chi connectivity index (χ0n) is 16.6. The minimum Gasteiger partial charge on any atom is -0.283 e. The van der Waals surface area contributed by atoms with Crippen molar-refractivity contribution in [2.75, 3.05) is 5.75 Å². The quantitative estimate of drug-likeness (QED) is 0.258. The molecule has 10 heteroatoms. The van der Waals surface area contributed by atoms with Crippen LogP contribution in [0.5, 0.6) is 0 Å². The van der Waals surface area contributed by atoms with Gasteiger partial charge in [0.05, 0.1) is 28.1 Å². The van der Waals surface area contributed by atoms with Gasteiger partial charge in [-0.05, 0) is 41.3 Å². The first-order chi connectivity index (χ1) is 15.5. The molecule has 4 rings (SSSR count). The Labute approximate surface area is 190 Å². The van der Waals surface area contributed by atoms with E-state index in [0.717, 1.165) is 17.3 Å². The third kappa shape index (κ3) is 5.04. The minimum atomic E-state index is -0.448. The molecular formula is C22H17FN4O3S2. The van der Waals surface area contributed by atoms with Crippen LogP contribution in [0.25, 0.3) is 10.9 Å². The van der Waals surface area contributed by atoms with Gasteiger partial charge in [0.25, 0.3) is 11.5 Å². The fourth-order valence-corrected chi connectivity index (χ4v) is 4.35. The van der Waals surface area contributed by atoms with E-state index in [1.54, 1.807) is 53.9 Å². The molecule has 0 saturated carbocycles. The van der Waals surface area contributed by atoms with E-state index in [2.05, 4.69) is 15.8 Å². The van der Waals surface area contributed by atoms with Crippen molar-refractivity contribution < 1.29 is 14.0 Å². The average Bonchev–Trinajstić information content (AvgIpc) is 3.35. The molecule has 0 aliphatic carbocycles. The molecule has 0 aliphatic rings. The number of carbonyl (C=O) groups is 2. The van der Waals surface area contributed by atoms with Gasteiger partial charge in [-0.15, -0.1) is 11.3 Å². The second-order valence-corrected chi connectivity index (χ2v) is 8.59. The molecule has 162 valence electrons. The van der Waals surface area contributed by atoms with Crippen LogP contribution in [-0.4, -0.2) is 27.1 Å². The van der Waals surface area contributed by atoms with Crippen molar-refractivity contribution in [3.63, 3.8) is 0 Å². The molecule has 32 heavy (non-hydrogen) atoms. The molecule has 2 N–H and O–H groups in total. The van der Waals surface area contributed by atoms with Crippen LogP contribution < -0.4 is 16.4 Å². The van der Waals surface area contributed by atoms with Gasteiger partial charge in [0.2, 0.25) is 5.91 Å². The number of carbonyl (C=O) groups excluding carboxylic acids is 2. The molecule has 7 nitrogen and oxygen atoms in total. The van der Waals surface area contributed by atoms with E-state index in [9.17, 15) is 18.8 Å². The maximum Gasteiger partial charge on any atom is 0.279 e. The average molecular weight is 469 g/mol. The Hall–Kier alpha value is -3.50. The molecule has 2 heterocycles. The molecule has 0 aliphatic heterocycles. The Kier molecular flexibility index (Phi) is 6.62. The molecule has 0 saturated heterocycles. The molecule has 0 fully saturated rings. The summed E-state index contributed by atoms with van der Waals surface area (Å²) in [7, 11) is 0. The number of rotatable bonds is 6. The van der Waals surface area contributed by atoms with Crippen LogP contribution in [0.4, 0.5) is 4.39 Å². The Morgan fingerprint density at radius 1 is 1.03 bits per heavy atom. The molecule has 0 atom stereocenters. The van der Waals surface area contributed by atoms with E-state index >= 15 is 0 Å². The lowest BCUT2D eigenvalue weighted by Crippen LogP contribution is -2.42. The van der Waals surface area contributed by atoms with Crippen LogP contribution in [0, 0.1) is 5.82 Å². The third-order valence-corrected chi connectivity index (χ3v) is 6.32. The van der Waals surface area contributed by atoms with Gasteiger partial charge in [0, 0.05) is 0 Å². The number of thiophene rings is 1. The summed E-state index contributed by atoms with van der Waals surface area (Å²) in [5.74, 6) is -1.29. The van der Waals surface area contributed by atoms with Crippen molar-refractivity contribution in [2.45, 2.75) is 11.7 Å². The van der Waals surface area contributed by atoms with Crippen LogP contribution in [0.2, 0.25) is 0 Å². The van der Waals surface area contributed by atoms with Crippen LogP contribution >= 0.6 is 23.1 Å². The van der Waals surface area contributed by atoms with Crippen molar-refractivity contribution >= 4 is 45.8 Å². The van der Waals surface area contributed by atoms with Crippen molar-refractivity contribution in [1.82, 2.24) is 20.4 Å². The van der Waals surface area contributed by atoms with E-state index in [1.165, 1.54) is 28.0 Å². The Morgan fingerprint density at radius 2 is 1.81 bits per heavy atom. The molecule has 2 aromatic carbocycles. The fourth-order valence-electron chi connectivity index (χ4n) is 2.93. The van der Waals surface area contributed by atoms with E-state index in [4.69, 9.17) is 0 Å². The van der Waals surface area contributed by atoms with Crippen molar-refractivity contribution in [2.24, 2.45) is 0 Å². The SMILES string of the molecule is O=C(CSc1nc2ccccc2c(=O)n1Cc1ccc(F)cc1)NNC(=O)c1cccs1. The zero-order valence-corrected chi connectivity index (χ0v) is 18.2. The highest BCUT2D eigenvalue weighted by molar-refractivity contribution is 7.99.